The number of aromatic nitrogens is 1. The van der Waals surface area contributed by atoms with Gasteiger partial charge in [-0.2, -0.15) is 0 Å². The topological polar surface area (TPSA) is 48.0 Å². The van der Waals surface area contributed by atoms with E-state index in [0.29, 0.717) is 5.56 Å². The van der Waals surface area contributed by atoms with Crippen molar-refractivity contribution in [3.63, 3.8) is 0 Å². The molecule has 1 aromatic rings. The third-order valence-electron chi connectivity index (χ3n) is 2.94. The molecular formula is C13H20N2OS. The van der Waals surface area contributed by atoms with Crippen LogP contribution in [0.2, 0.25) is 0 Å². The second-order valence-electron chi connectivity index (χ2n) is 4.37. The van der Waals surface area contributed by atoms with E-state index in [4.69, 9.17) is 18.0 Å². The minimum Gasteiger partial charge on any atom is -0.389 e. The molecule has 0 spiro atoms. The molecule has 0 aliphatic rings. The summed E-state index contributed by atoms with van der Waals surface area (Å²) in [5.74, 6) is 0. The molecule has 94 valence electrons. The summed E-state index contributed by atoms with van der Waals surface area (Å²) in [5.41, 5.74) is 7.89. The first-order valence-electron chi connectivity index (χ1n) is 5.99. The van der Waals surface area contributed by atoms with Crippen LogP contribution in [0.15, 0.2) is 10.9 Å². The summed E-state index contributed by atoms with van der Waals surface area (Å²) in [7, 11) is 0. The fraction of sp³-hybridized carbons (Fsp3) is 0.538. The smallest absolute Gasteiger partial charge is 0.261 e. The average Bonchev–Trinajstić information content (AvgIpc) is 2.21. The van der Waals surface area contributed by atoms with Gasteiger partial charge in [-0.1, -0.05) is 32.0 Å². The normalized spacial score (nSPS) is 10.5. The van der Waals surface area contributed by atoms with Gasteiger partial charge in [-0.15, -0.1) is 0 Å². The molecule has 1 aromatic heterocycles. The van der Waals surface area contributed by atoms with E-state index < -0.39 is 0 Å². The first kappa shape index (κ1) is 13.9. The molecule has 0 amide bonds. The van der Waals surface area contributed by atoms with Crippen LogP contribution < -0.4 is 11.3 Å². The van der Waals surface area contributed by atoms with Crippen molar-refractivity contribution in [3.05, 3.63) is 33.2 Å². The Labute approximate surface area is 108 Å². The van der Waals surface area contributed by atoms with E-state index in [1.165, 1.54) is 0 Å². The molecule has 0 saturated carbocycles. The van der Waals surface area contributed by atoms with Crippen LogP contribution in [0.3, 0.4) is 0 Å². The summed E-state index contributed by atoms with van der Waals surface area (Å²) in [6, 6.07) is 1.97. The maximum atomic E-state index is 12.2. The fourth-order valence-electron chi connectivity index (χ4n) is 2.02. The Morgan fingerprint density at radius 1 is 1.41 bits per heavy atom. The van der Waals surface area contributed by atoms with Crippen molar-refractivity contribution in [2.24, 2.45) is 5.73 Å². The summed E-state index contributed by atoms with van der Waals surface area (Å²) in [6.45, 7) is 6.71. The standard InChI is InChI=1S/C13H20N2OS/c1-4-5-6-7-15-10(3)8-9(2)11(12(14)17)13(15)16/h8H,4-7H2,1-3H3,(H2,14,17). The van der Waals surface area contributed by atoms with E-state index in [1.54, 1.807) is 4.57 Å². The van der Waals surface area contributed by atoms with Gasteiger partial charge in [0, 0.05) is 12.2 Å². The number of hydrogen-bond donors (Lipinski definition) is 1. The number of thiocarbonyl (C=S) groups is 1. The number of rotatable bonds is 5. The van der Waals surface area contributed by atoms with Crippen molar-refractivity contribution in [2.75, 3.05) is 0 Å². The zero-order valence-electron chi connectivity index (χ0n) is 10.7. The molecule has 4 heteroatoms. The zero-order chi connectivity index (χ0) is 13.0. The highest BCUT2D eigenvalue weighted by Gasteiger charge is 2.11. The van der Waals surface area contributed by atoms with Gasteiger partial charge in [-0.05, 0) is 31.9 Å². The molecule has 0 bridgehead atoms. The molecule has 0 unspecified atom stereocenters. The number of pyridine rings is 1. The first-order chi connectivity index (χ1) is 7.99. The van der Waals surface area contributed by atoms with Gasteiger partial charge in [0.15, 0.2) is 0 Å². The maximum absolute atomic E-state index is 12.2. The van der Waals surface area contributed by atoms with Crippen molar-refractivity contribution in [3.8, 4) is 0 Å². The van der Waals surface area contributed by atoms with Crippen LogP contribution in [0.5, 0.6) is 0 Å². The van der Waals surface area contributed by atoms with E-state index in [2.05, 4.69) is 6.92 Å². The van der Waals surface area contributed by atoms with E-state index >= 15 is 0 Å². The molecule has 1 heterocycles. The quantitative estimate of drug-likeness (QED) is 0.646. The molecule has 0 atom stereocenters. The molecule has 0 fully saturated rings. The first-order valence-corrected chi connectivity index (χ1v) is 6.40. The van der Waals surface area contributed by atoms with Crippen LogP contribution in [-0.4, -0.2) is 9.56 Å². The number of nitrogens with two attached hydrogens (primary N) is 1. The number of hydrogen-bond acceptors (Lipinski definition) is 2. The Morgan fingerprint density at radius 3 is 2.59 bits per heavy atom. The van der Waals surface area contributed by atoms with E-state index in [0.717, 1.165) is 37.1 Å². The van der Waals surface area contributed by atoms with Gasteiger partial charge >= 0.3 is 0 Å². The Kier molecular flexibility index (Phi) is 4.87. The molecule has 2 N–H and O–H groups in total. The number of nitrogens with zero attached hydrogens (tertiary/aromatic N) is 1. The second-order valence-corrected chi connectivity index (χ2v) is 4.81. The van der Waals surface area contributed by atoms with Gasteiger partial charge in [0.2, 0.25) is 0 Å². The zero-order valence-corrected chi connectivity index (χ0v) is 11.6. The lowest BCUT2D eigenvalue weighted by molar-refractivity contribution is 0.575. The summed E-state index contributed by atoms with van der Waals surface area (Å²) in [4.78, 5) is 12.4. The van der Waals surface area contributed by atoms with Crippen LogP contribution >= 0.6 is 12.2 Å². The van der Waals surface area contributed by atoms with Crippen LogP contribution in [0.25, 0.3) is 0 Å². The Morgan fingerprint density at radius 2 is 2.06 bits per heavy atom. The minimum absolute atomic E-state index is 0.0499. The molecule has 0 radical (unpaired) electrons. The Bertz CT molecular complexity index is 477. The van der Waals surface area contributed by atoms with Crippen molar-refractivity contribution < 1.29 is 0 Å². The molecule has 0 aliphatic carbocycles. The Hall–Kier alpha value is -1.16. The van der Waals surface area contributed by atoms with Crippen LogP contribution in [-0.2, 0) is 6.54 Å². The molecule has 0 aliphatic heterocycles. The van der Waals surface area contributed by atoms with E-state index in [1.807, 2.05) is 19.9 Å². The highest BCUT2D eigenvalue weighted by molar-refractivity contribution is 7.80. The van der Waals surface area contributed by atoms with Crippen molar-refractivity contribution in [2.45, 2.75) is 46.6 Å². The van der Waals surface area contributed by atoms with Crippen molar-refractivity contribution in [1.82, 2.24) is 4.57 Å². The van der Waals surface area contributed by atoms with Crippen LogP contribution in [0.4, 0.5) is 0 Å². The van der Waals surface area contributed by atoms with Gasteiger partial charge in [-0.25, -0.2) is 0 Å². The summed E-state index contributed by atoms with van der Waals surface area (Å²) in [5, 5.41) is 0. The molecular weight excluding hydrogens is 232 g/mol. The third-order valence-corrected chi connectivity index (χ3v) is 3.14. The van der Waals surface area contributed by atoms with Crippen LogP contribution in [0, 0.1) is 13.8 Å². The highest BCUT2D eigenvalue weighted by atomic mass is 32.1. The molecule has 1 rings (SSSR count). The molecule has 0 aromatic carbocycles. The highest BCUT2D eigenvalue weighted by Crippen LogP contribution is 2.08. The van der Waals surface area contributed by atoms with Gasteiger partial charge in [0.1, 0.15) is 4.99 Å². The largest absolute Gasteiger partial charge is 0.389 e. The van der Waals surface area contributed by atoms with E-state index in [-0.39, 0.29) is 10.5 Å². The van der Waals surface area contributed by atoms with E-state index in [9.17, 15) is 4.79 Å². The van der Waals surface area contributed by atoms with Crippen molar-refractivity contribution in [1.29, 1.82) is 0 Å². The monoisotopic (exact) mass is 252 g/mol. The summed E-state index contributed by atoms with van der Waals surface area (Å²) >= 11 is 4.94. The summed E-state index contributed by atoms with van der Waals surface area (Å²) < 4.78 is 1.77. The maximum Gasteiger partial charge on any atom is 0.261 e. The molecule has 0 saturated heterocycles. The second kappa shape index (κ2) is 5.96. The Balaban J connectivity index is 3.17. The van der Waals surface area contributed by atoms with Gasteiger partial charge in [-0.3, -0.25) is 4.79 Å². The summed E-state index contributed by atoms with van der Waals surface area (Å²) in [6.07, 6.45) is 3.28. The lowest BCUT2D eigenvalue weighted by atomic mass is 10.1. The number of unbranched alkanes of at least 4 members (excludes halogenated alkanes) is 2. The SMILES string of the molecule is CCCCCn1c(C)cc(C)c(C(N)=S)c1=O. The third kappa shape index (κ3) is 3.16. The lowest BCUT2D eigenvalue weighted by Crippen LogP contribution is -2.31. The molecule has 3 nitrogen and oxygen atoms in total. The fourth-order valence-corrected chi connectivity index (χ4v) is 2.27. The average molecular weight is 252 g/mol. The molecule has 17 heavy (non-hydrogen) atoms. The van der Waals surface area contributed by atoms with Gasteiger partial charge < -0.3 is 10.3 Å². The lowest BCUT2D eigenvalue weighted by Gasteiger charge is -2.13. The van der Waals surface area contributed by atoms with Gasteiger partial charge in [0.05, 0.1) is 5.56 Å². The number of aryl methyl sites for hydroxylation is 2. The van der Waals surface area contributed by atoms with Gasteiger partial charge in [0.25, 0.3) is 5.56 Å². The predicted molar refractivity (Wildman–Crippen MR) is 75.6 cm³/mol. The minimum atomic E-state index is -0.0499. The van der Waals surface area contributed by atoms with Crippen molar-refractivity contribution >= 4 is 17.2 Å². The predicted octanol–water partition coefficient (Wildman–Crippen LogP) is 2.29. The van der Waals surface area contributed by atoms with Crippen LogP contribution in [0.1, 0.15) is 43.0 Å².